The number of rotatable bonds is 6. The molecule has 150 valence electrons. The number of nitrogens with zero attached hydrogens (tertiary/aromatic N) is 3. The molecule has 2 heterocycles. The molecule has 4 rings (SSSR count). The van der Waals surface area contributed by atoms with Crippen LogP contribution >= 0.6 is 0 Å². The van der Waals surface area contributed by atoms with Gasteiger partial charge in [-0.3, -0.25) is 9.48 Å². The molecular weight excluding hydrogens is 356 g/mol. The van der Waals surface area contributed by atoms with E-state index in [2.05, 4.69) is 22.4 Å². The summed E-state index contributed by atoms with van der Waals surface area (Å²) in [5.74, 6) is 1.73. The van der Waals surface area contributed by atoms with Crippen molar-refractivity contribution in [1.82, 2.24) is 14.7 Å². The van der Waals surface area contributed by atoms with Crippen molar-refractivity contribution in [2.24, 2.45) is 5.92 Å². The fraction of sp³-hybridized carbons (Fsp3) is 0.524. The largest absolute Gasteiger partial charge is 0.497 e. The first-order chi connectivity index (χ1) is 13.6. The van der Waals surface area contributed by atoms with Crippen LogP contribution in [0.5, 0.6) is 11.5 Å². The highest BCUT2D eigenvalue weighted by Crippen LogP contribution is 2.51. The molecule has 2 unspecified atom stereocenters. The van der Waals surface area contributed by atoms with Crippen molar-refractivity contribution in [1.29, 1.82) is 0 Å². The number of hydrogen-bond acceptors (Lipinski definition) is 5. The zero-order chi connectivity index (χ0) is 19.7. The molecule has 2 aliphatic rings. The van der Waals surface area contributed by atoms with E-state index in [1.165, 1.54) is 0 Å². The maximum Gasteiger partial charge on any atom is 0.228 e. The first-order valence-corrected chi connectivity index (χ1v) is 9.84. The van der Waals surface area contributed by atoms with Crippen LogP contribution in [0.15, 0.2) is 30.6 Å². The molecule has 2 aromatic rings. The van der Waals surface area contributed by atoms with Crippen molar-refractivity contribution < 1.29 is 14.3 Å². The number of ether oxygens (including phenoxy) is 2. The molecule has 0 radical (unpaired) electrons. The monoisotopic (exact) mass is 384 g/mol. The van der Waals surface area contributed by atoms with Gasteiger partial charge in [0.15, 0.2) is 0 Å². The summed E-state index contributed by atoms with van der Waals surface area (Å²) in [6.07, 6.45) is 6.70. The molecular formula is C21H28N4O3. The van der Waals surface area contributed by atoms with Gasteiger partial charge in [0.25, 0.3) is 0 Å². The predicted octanol–water partition coefficient (Wildman–Crippen LogP) is 2.91. The molecule has 1 N–H and O–H groups in total. The highest BCUT2D eigenvalue weighted by Gasteiger charge is 2.45. The van der Waals surface area contributed by atoms with Crippen LogP contribution in [0.2, 0.25) is 0 Å². The fourth-order valence-corrected chi connectivity index (χ4v) is 4.05. The van der Waals surface area contributed by atoms with Gasteiger partial charge in [-0.15, -0.1) is 0 Å². The van der Waals surface area contributed by atoms with E-state index in [1.54, 1.807) is 20.4 Å². The molecule has 1 aliphatic carbocycles. The van der Waals surface area contributed by atoms with Crippen LogP contribution < -0.4 is 14.8 Å². The number of benzene rings is 1. The van der Waals surface area contributed by atoms with E-state index in [4.69, 9.17) is 9.47 Å². The van der Waals surface area contributed by atoms with Crippen LogP contribution in [-0.2, 0) is 4.79 Å². The summed E-state index contributed by atoms with van der Waals surface area (Å²) in [5.41, 5.74) is 1.80. The van der Waals surface area contributed by atoms with Gasteiger partial charge in [-0.1, -0.05) is 0 Å². The smallest absolute Gasteiger partial charge is 0.228 e. The Labute approximate surface area is 165 Å². The van der Waals surface area contributed by atoms with Gasteiger partial charge in [-0.05, 0) is 57.6 Å². The van der Waals surface area contributed by atoms with Crippen molar-refractivity contribution in [3.8, 4) is 11.5 Å². The third-order valence-electron chi connectivity index (χ3n) is 5.89. The lowest BCUT2D eigenvalue weighted by molar-refractivity contribution is -0.117. The second-order valence-corrected chi connectivity index (χ2v) is 7.79. The van der Waals surface area contributed by atoms with Crippen LogP contribution in [-0.4, -0.2) is 54.9 Å². The number of likely N-dealkylation sites (tertiary alicyclic amines) is 1. The van der Waals surface area contributed by atoms with Crippen LogP contribution in [0.4, 0.5) is 5.69 Å². The summed E-state index contributed by atoms with van der Waals surface area (Å²) in [7, 11) is 5.44. The molecule has 1 aliphatic heterocycles. The van der Waals surface area contributed by atoms with Gasteiger partial charge in [-0.25, -0.2) is 0 Å². The van der Waals surface area contributed by atoms with Gasteiger partial charge < -0.3 is 19.7 Å². The lowest BCUT2D eigenvalue weighted by Crippen LogP contribution is -2.31. The van der Waals surface area contributed by atoms with Crippen molar-refractivity contribution in [3.05, 3.63) is 36.2 Å². The number of methoxy groups -OCH3 is 2. The van der Waals surface area contributed by atoms with Gasteiger partial charge >= 0.3 is 0 Å². The van der Waals surface area contributed by atoms with E-state index in [0.29, 0.717) is 6.04 Å². The van der Waals surface area contributed by atoms with E-state index < -0.39 is 0 Å². The van der Waals surface area contributed by atoms with E-state index in [-0.39, 0.29) is 17.7 Å². The van der Waals surface area contributed by atoms with E-state index >= 15 is 0 Å². The van der Waals surface area contributed by atoms with Gasteiger partial charge in [0.05, 0.1) is 32.1 Å². The summed E-state index contributed by atoms with van der Waals surface area (Å²) in [4.78, 5) is 15.1. The molecule has 1 aromatic carbocycles. The molecule has 0 bridgehead atoms. The number of carbonyl (C=O) groups excluding carboxylic acids is 1. The quantitative estimate of drug-likeness (QED) is 0.829. The van der Waals surface area contributed by atoms with Crippen LogP contribution in [0.1, 0.15) is 36.8 Å². The minimum atomic E-state index is -0.0484. The average Bonchev–Trinajstić information content (AvgIpc) is 3.39. The molecule has 2 fully saturated rings. The molecule has 0 spiro atoms. The summed E-state index contributed by atoms with van der Waals surface area (Å²) in [5, 5.41) is 7.51. The number of aromatic nitrogens is 2. The zero-order valence-electron chi connectivity index (χ0n) is 16.7. The van der Waals surface area contributed by atoms with Gasteiger partial charge in [-0.2, -0.15) is 5.10 Å². The highest BCUT2D eigenvalue weighted by molar-refractivity contribution is 5.95. The Morgan fingerprint density at radius 2 is 2.00 bits per heavy atom. The minimum absolute atomic E-state index is 0.0396. The van der Waals surface area contributed by atoms with Crippen molar-refractivity contribution >= 4 is 11.6 Å². The summed E-state index contributed by atoms with van der Waals surface area (Å²) in [6.45, 7) is 2.16. The molecule has 7 nitrogen and oxygen atoms in total. The Bertz CT molecular complexity index is 842. The summed E-state index contributed by atoms with van der Waals surface area (Å²) >= 11 is 0. The maximum atomic E-state index is 12.7. The average molecular weight is 384 g/mol. The SMILES string of the molecule is COc1ccc(OC)c(C2CC2C(=O)Nc2cnn(C3CCN(C)CC3)c2)c1. The fourth-order valence-electron chi connectivity index (χ4n) is 4.05. The van der Waals surface area contributed by atoms with Crippen molar-refractivity contribution in [3.63, 3.8) is 0 Å². The molecule has 1 aromatic heterocycles. The Morgan fingerprint density at radius 3 is 2.71 bits per heavy atom. The molecule has 1 saturated heterocycles. The lowest BCUT2D eigenvalue weighted by atomic mass is 10.1. The number of carbonyl (C=O) groups is 1. The first kappa shape index (κ1) is 18.8. The summed E-state index contributed by atoms with van der Waals surface area (Å²) < 4.78 is 12.8. The predicted molar refractivity (Wildman–Crippen MR) is 107 cm³/mol. The second-order valence-electron chi connectivity index (χ2n) is 7.79. The van der Waals surface area contributed by atoms with Crippen LogP contribution in [0.25, 0.3) is 0 Å². The number of amides is 1. The van der Waals surface area contributed by atoms with Crippen molar-refractivity contribution in [2.75, 3.05) is 39.7 Å². The van der Waals surface area contributed by atoms with Crippen LogP contribution in [0.3, 0.4) is 0 Å². The summed E-state index contributed by atoms with van der Waals surface area (Å²) in [6, 6.07) is 6.15. The van der Waals surface area contributed by atoms with Crippen molar-refractivity contribution in [2.45, 2.75) is 31.2 Å². The lowest BCUT2D eigenvalue weighted by Gasteiger charge is -2.28. The Morgan fingerprint density at radius 1 is 1.21 bits per heavy atom. The minimum Gasteiger partial charge on any atom is -0.497 e. The normalized spacial score (nSPS) is 22.7. The van der Waals surface area contributed by atoms with Gasteiger partial charge in [0.1, 0.15) is 11.5 Å². The topological polar surface area (TPSA) is 68.6 Å². The Balaban J connectivity index is 1.38. The Hall–Kier alpha value is -2.54. The zero-order valence-corrected chi connectivity index (χ0v) is 16.7. The molecule has 1 saturated carbocycles. The highest BCUT2D eigenvalue weighted by atomic mass is 16.5. The van der Waals surface area contributed by atoms with E-state index in [9.17, 15) is 4.79 Å². The maximum absolute atomic E-state index is 12.7. The van der Waals surface area contributed by atoms with E-state index in [0.717, 1.165) is 55.1 Å². The third kappa shape index (κ3) is 3.85. The number of nitrogens with one attached hydrogen (secondary N) is 1. The van der Waals surface area contributed by atoms with Gasteiger partial charge in [0, 0.05) is 23.6 Å². The standard InChI is InChI=1S/C21H28N4O3/c1-24-8-6-15(7-9-24)25-13-14(12-22-25)23-21(26)19-11-17(19)18-10-16(27-2)4-5-20(18)28-3/h4-5,10,12-13,15,17,19H,6-9,11H2,1-3H3,(H,23,26). The molecule has 7 heteroatoms. The number of anilines is 1. The molecule has 1 amide bonds. The number of piperidine rings is 1. The third-order valence-corrected chi connectivity index (χ3v) is 5.89. The molecule has 28 heavy (non-hydrogen) atoms. The van der Waals surface area contributed by atoms with Gasteiger partial charge in [0.2, 0.25) is 5.91 Å². The van der Waals surface area contributed by atoms with E-state index in [1.807, 2.05) is 29.1 Å². The number of hydrogen-bond donors (Lipinski definition) is 1. The first-order valence-electron chi connectivity index (χ1n) is 9.84. The Kier molecular flexibility index (Phi) is 5.26. The van der Waals surface area contributed by atoms with Crippen LogP contribution in [0, 0.1) is 5.92 Å². The molecule has 2 atom stereocenters. The second kappa shape index (κ2) is 7.83.